The summed E-state index contributed by atoms with van der Waals surface area (Å²) in [6.45, 7) is 0. The maximum atomic E-state index is 2.51. The van der Waals surface area contributed by atoms with E-state index in [1.54, 1.807) is 16.7 Å². The van der Waals surface area contributed by atoms with Gasteiger partial charge in [-0.3, -0.25) is 0 Å². The summed E-state index contributed by atoms with van der Waals surface area (Å²) in [7, 11) is 0. The summed E-state index contributed by atoms with van der Waals surface area (Å²) in [5, 5.41) is 0. The van der Waals surface area contributed by atoms with Crippen molar-refractivity contribution in [1.82, 2.24) is 0 Å². The summed E-state index contributed by atoms with van der Waals surface area (Å²) in [5.74, 6) is 0. The van der Waals surface area contributed by atoms with E-state index in [0.29, 0.717) is 0 Å². The Hall–Kier alpha value is -1.04. The van der Waals surface area contributed by atoms with E-state index >= 15 is 0 Å². The molecule has 0 heterocycles. The second-order valence-corrected chi connectivity index (χ2v) is 6.25. The number of benzene rings is 1. The highest BCUT2D eigenvalue weighted by atomic mass is 14.2. The van der Waals surface area contributed by atoms with Crippen LogP contribution in [0.2, 0.25) is 0 Å². The molecule has 19 heavy (non-hydrogen) atoms. The molecule has 0 heteroatoms. The third-order valence-electron chi connectivity index (χ3n) is 4.74. The molecule has 0 radical (unpaired) electrons. The largest absolute Gasteiger partial charge is 0.0795 e. The van der Waals surface area contributed by atoms with Gasteiger partial charge >= 0.3 is 0 Å². The van der Waals surface area contributed by atoms with Crippen LogP contribution in [0, 0.1) is 0 Å². The maximum absolute atomic E-state index is 2.51. The normalized spacial score (nSPS) is 20.2. The molecular formula is C19H26. The predicted molar refractivity (Wildman–Crippen MR) is 83.5 cm³/mol. The van der Waals surface area contributed by atoms with Gasteiger partial charge < -0.3 is 0 Å². The fourth-order valence-electron chi connectivity index (χ4n) is 3.56. The Morgan fingerprint density at radius 2 is 1.16 bits per heavy atom. The number of fused-ring (bicyclic) bond motifs is 2. The predicted octanol–water partition coefficient (Wildman–Crippen LogP) is 5.48. The van der Waals surface area contributed by atoms with Gasteiger partial charge in [-0.2, -0.15) is 0 Å². The van der Waals surface area contributed by atoms with Gasteiger partial charge in [0.05, 0.1) is 0 Å². The molecule has 2 aliphatic rings. The number of rotatable bonds is 0. The molecule has 0 amide bonds. The molecule has 0 spiro atoms. The van der Waals surface area contributed by atoms with Gasteiger partial charge in [0.2, 0.25) is 0 Å². The van der Waals surface area contributed by atoms with E-state index < -0.39 is 0 Å². The highest BCUT2D eigenvalue weighted by Gasteiger charge is 2.11. The van der Waals surface area contributed by atoms with E-state index in [2.05, 4.69) is 24.3 Å². The topological polar surface area (TPSA) is 0 Å². The first-order valence-electron chi connectivity index (χ1n) is 8.25. The van der Waals surface area contributed by atoms with Crippen molar-refractivity contribution in [3.8, 4) is 0 Å². The summed E-state index contributed by atoms with van der Waals surface area (Å²) >= 11 is 0. The minimum atomic E-state index is 1.16. The van der Waals surface area contributed by atoms with Crippen molar-refractivity contribution in [1.29, 1.82) is 0 Å². The lowest BCUT2D eigenvalue weighted by atomic mass is 9.91. The van der Waals surface area contributed by atoms with Gasteiger partial charge in [0.1, 0.15) is 0 Å². The molecule has 1 aromatic rings. The monoisotopic (exact) mass is 254 g/mol. The molecule has 0 atom stereocenters. The Balaban J connectivity index is 1.79. The number of hydrogen-bond donors (Lipinski definition) is 0. The standard InChI is InChI=1S/C19H26/c1-2-4-6-8-11-17-15-19-13-9-12-18(19)14-16(17)10-7-5-3-1/h9,12,14-15H,1-8,10-11,13H2. The molecule has 102 valence electrons. The second kappa shape index (κ2) is 6.41. The van der Waals surface area contributed by atoms with Crippen molar-refractivity contribution in [3.63, 3.8) is 0 Å². The van der Waals surface area contributed by atoms with Crippen molar-refractivity contribution in [2.75, 3.05) is 0 Å². The lowest BCUT2D eigenvalue weighted by Gasteiger charge is -2.14. The smallest absolute Gasteiger partial charge is 0.00881 e. The lowest BCUT2D eigenvalue weighted by molar-refractivity contribution is 0.559. The lowest BCUT2D eigenvalue weighted by Crippen LogP contribution is -1.99. The van der Waals surface area contributed by atoms with E-state index in [-0.39, 0.29) is 0 Å². The van der Waals surface area contributed by atoms with Gasteiger partial charge in [-0.25, -0.2) is 0 Å². The van der Waals surface area contributed by atoms with Crippen molar-refractivity contribution in [2.24, 2.45) is 0 Å². The molecule has 0 N–H and O–H groups in total. The highest BCUT2D eigenvalue weighted by molar-refractivity contribution is 5.62. The van der Waals surface area contributed by atoms with Crippen LogP contribution in [0.25, 0.3) is 6.08 Å². The first kappa shape index (κ1) is 13.0. The summed E-state index contributed by atoms with van der Waals surface area (Å²) < 4.78 is 0. The molecule has 0 nitrogen and oxygen atoms in total. The Labute approximate surface area is 117 Å². The van der Waals surface area contributed by atoms with Crippen molar-refractivity contribution >= 4 is 6.08 Å². The van der Waals surface area contributed by atoms with Gasteiger partial charge in [-0.1, -0.05) is 62.8 Å². The fourth-order valence-corrected chi connectivity index (χ4v) is 3.56. The zero-order valence-corrected chi connectivity index (χ0v) is 12.1. The first-order valence-corrected chi connectivity index (χ1v) is 8.25. The van der Waals surface area contributed by atoms with Crippen molar-refractivity contribution in [3.05, 3.63) is 40.5 Å². The summed E-state index contributed by atoms with van der Waals surface area (Å²) in [6.07, 6.45) is 19.8. The number of allylic oxidation sites excluding steroid dienone is 1. The minimum Gasteiger partial charge on any atom is -0.0795 e. The van der Waals surface area contributed by atoms with Crippen LogP contribution >= 0.6 is 0 Å². The Bertz CT molecular complexity index is 453. The van der Waals surface area contributed by atoms with Crippen molar-refractivity contribution < 1.29 is 0 Å². The Morgan fingerprint density at radius 3 is 1.84 bits per heavy atom. The van der Waals surface area contributed by atoms with E-state index in [4.69, 9.17) is 0 Å². The molecule has 0 fully saturated rings. The van der Waals surface area contributed by atoms with Crippen molar-refractivity contribution in [2.45, 2.75) is 70.6 Å². The summed E-state index contributed by atoms with van der Waals surface area (Å²) in [6, 6.07) is 5.00. The van der Waals surface area contributed by atoms with Crippen LogP contribution in [-0.2, 0) is 19.3 Å². The molecule has 2 aliphatic carbocycles. The Morgan fingerprint density at radius 1 is 0.579 bits per heavy atom. The molecule has 0 unspecified atom stereocenters. The van der Waals surface area contributed by atoms with Gasteiger partial charge in [0.25, 0.3) is 0 Å². The Kier molecular flexibility index (Phi) is 4.37. The van der Waals surface area contributed by atoms with E-state index in [1.165, 1.54) is 69.8 Å². The van der Waals surface area contributed by atoms with Gasteiger partial charge in [0, 0.05) is 0 Å². The maximum Gasteiger partial charge on any atom is -0.00881 e. The summed E-state index contributed by atoms with van der Waals surface area (Å²) in [5.41, 5.74) is 6.35. The molecule has 0 bridgehead atoms. The van der Waals surface area contributed by atoms with Gasteiger partial charge in [0.15, 0.2) is 0 Å². The first-order chi connectivity index (χ1) is 9.43. The third-order valence-corrected chi connectivity index (χ3v) is 4.74. The van der Waals surface area contributed by atoms with Gasteiger partial charge in [-0.05, 0) is 54.4 Å². The van der Waals surface area contributed by atoms with E-state index in [9.17, 15) is 0 Å². The molecule has 0 aliphatic heterocycles. The molecule has 0 saturated carbocycles. The SMILES string of the molecule is C1=Cc2cc3c(cc2C1)CCCCCCCCCC3. The highest BCUT2D eigenvalue weighted by Crippen LogP contribution is 2.27. The quantitative estimate of drug-likeness (QED) is 0.575. The zero-order chi connectivity index (χ0) is 12.9. The average molecular weight is 254 g/mol. The molecule has 0 aromatic heterocycles. The van der Waals surface area contributed by atoms with Crippen LogP contribution in [0.5, 0.6) is 0 Å². The van der Waals surface area contributed by atoms with Crippen LogP contribution in [0.1, 0.15) is 73.6 Å². The molecule has 0 saturated heterocycles. The second-order valence-electron chi connectivity index (χ2n) is 6.25. The minimum absolute atomic E-state index is 1.16. The average Bonchev–Trinajstić information content (AvgIpc) is 2.85. The third kappa shape index (κ3) is 3.29. The van der Waals surface area contributed by atoms with E-state index in [0.717, 1.165) is 6.42 Å². The molecule has 3 rings (SSSR count). The van der Waals surface area contributed by atoms with Crippen LogP contribution in [0.4, 0.5) is 0 Å². The zero-order valence-electron chi connectivity index (χ0n) is 12.1. The van der Waals surface area contributed by atoms with Crippen LogP contribution in [0.15, 0.2) is 18.2 Å². The fraction of sp³-hybridized carbons (Fsp3) is 0.579. The molecular weight excluding hydrogens is 228 g/mol. The van der Waals surface area contributed by atoms with Gasteiger partial charge in [-0.15, -0.1) is 0 Å². The van der Waals surface area contributed by atoms with Crippen LogP contribution < -0.4 is 0 Å². The molecule has 1 aromatic carbocycles. The summed E-state index contributed by atoms with van der Waals surface area (Å²) in [4.78, 5) is 0. The van der Waals surface area contributed by atoms with Crippen LogP contribution in [-0.4, -0.2) is 0 Å². The van der Waals surface area contributed by atoms with E-state index in [1.807, 2.05) is 0 Å². The van der Waals surface area contributed by atoms with Crippen LogP contribution in [0.3, 0.4) is 0 Å². The number of hydrogen-bond acceptors (Lipinski definition) is 0. The number of aryl methyl sites for hydroxylation is 2.